The smallest absolute Gasteiger partial charge is 0.207 e. The van der Waals surface area contributed by atoms with Gasteiger partial charge in [0.2, 0.25) is 10.0 Å². The van der Waals surface area contributed by atoms with Gasteiger partial charge in [-0.2, -0.15) is 4.72 Å². The Kier molecular flexibility index (Phi) is 7.18. The molecule has 0 aliphatic rings. The van der Waals surface area contributed by atoms with E-state index in [2.05, 4.69) is 4.72 Å². The van der Waals surface area contributed by atoms with E-state index in [0.717, 1.165) is 21.7 Å². The van der Waals surface area contributed by atoms with Crippen LogP contribution in [-0.2, 0) is 21.8 Å². The molecule has 0 saturated heterocycles. The van der Waals surface area contributed by atoms with Crippen molar-refractivity contribution < 1.29 is 8.42 Å². The maximum absolute atomic E-state index is 13.5. The molecule has 168 valence electrons. The average molecular weight is 512 g/mol. The van der Waals surface area contributed by atoms with Crippen LogP contribution >= 0.6 is 17.6 Å². The second-order valence-corrected chi connectivity index (χ2v) is 14.5. The Balaban J connectivity index is 1.93. The van der Waals surface area contributed by atoms with Crippen molar-refractivity contribution in [1.29, 1.82) is 0 Å². The minimum atomic E-state index is -3.86. The maximum atomic E-state index is 13.5. The fourth-order valence-corrected chi connectivity index (χ4v) is 10.1. The molecule has 0 aliphatic carbocycles. The quantitative estimate of drug-likeness (QED) is 0.321. The lowest BCUT2D eigenvalue weighted by atomic mass is 10.2. The minimum absolute atomic E-state index is 0.203. The Labute approximate surface area is 205 Å². The summed E-state index contributed by atoms with van der Waals surface area (Å²) >= 11 is 12.6. The Hall–Kier alpha value is -2.27. The first-order valence-electron chi connectivity index (χ1n) is 10.4. The fraction of sp³-hybridized carbons (Fsp3) is 0.0769. The molecule has 0 radical (unpaired) electrons. The molecular formula is C26H23ClNO2PS2. The molecule has 0 spiro atoms. The van der Waals surface area contributed by atoms with Crippen LogP contribution in [0.2, 0.25) is 5.02 Å². The van der Waals surface area contributed by atoms with Gasteiger partial charge in [0, 0.05) is 11.1 Å². The van der Waals surface area contributed by atoms with E-state index in [4.69, 9.17) is 23.4 Å². The Bertz CT molecular complexity index is 1330. The summed E-state index contributed by atoms with van der Waals surface area (Å²) in [5, 5.41) is 2.43. The average Bonchev–Trinajstić information content (AvgIpc) is 2.84. The summed E-state index contributed by atoms with van der Waals surface area (Å²) in [5.74, 6) is -0.666. The van der Waals surface area contributed by atoms with E-state index in [1.165, 1.54) is 0 Å². The molecule has 4 aromatic rings. The van der Waals surface area contributed by atoms with Gasteiger partial charge in [-0.25, -0.2) is 8.42 Å². The van der Waals surface area contributed by atoms with E-state index in [1.54, 1.807) is 36.4 Å². The molecule has 1 atom stereocenters. The molecule has 0 amide bonds. The number of benzene rings is 4. The minimum Gasteiger partial charge on any atom is -0.207 e. The second-order valence-electron chi connectivity index (χ2n) is 7.72. The van der Waals surface area contributed by atoms with Crippen LogP contribution < -0.4 is 15.3 Å². The lowest BCUT2D eigenvalue weighted by Gasteiger charge is -2.33. The molecule has 0 aliphatic heterocycles. The summed E-state index contributed by atoms with van der Waals surface area (Å²) in [6.45, 7) is 1.92. The van der Waals surface area contributed by atoms with Crippen molar-refractivity contribution in [3.63, 3.8) is 0 Å². The molecule has 0 unspecified atom stereocenters. The van der Waals surface area contributed by atoms with Crippen molar-refractivity contribution in [3.8, 4) is 0 Å². The first kappa shape index (κ1) is 23.9. The van der Waals surface area contributed by atoms with Crippen LogP contribution in [0.4, 0.5) is 0 Å². The van der Waals surface area contributed by atoms with Crippen molar-refractivity contribution in [2.45, 2.75) is 17.6 Å². The highest BCUT2D eigenvalue weighted by atomic mass is 35.5. The van der Waals surface area contributed by atoms with Crippen molar-refractivity contribution in [3.05, 3.63) is 125 Å². The van der Waals surface area contributed by atoms with Crippen LogP contribution in [0.5, 0.6) is 0 Å². The zero-order valence-electron chi connectivity index (χ0n) is 17.9. The highest BCUT2D eigenvalue weighted by Gasteiger charge is 2.36. The molecule has 0 bridgehead atoms. The zero-order valence-corrected chi connectivity index (χ0v) is 21.2. The standard InChI is InChI=1S/C26H23ClNO2PS2/c1-20-12-18-25(19-13-20)33(29,30)28-26(21-14-16-22(27)17-15-21)31(32,23-8-4-2-5-9-23)24-10-6-3-7-11-24/h2-19,26,28H,1H3/t26-/m0/s1. The lowest BCUT2D eigenvalue weighted by Crippen LogP contribution is -2.34. The lowest BCUT2D eigenvalue weighted by molar-refractivity contribution is 0.579. The van der Waals surface area contributed by atoms with E-state index in [9.17, 15) is 8.42 Å². The molecule has 0 aromatic heterocycles. The van der Waals surface area contributed by atoms with Crippen LogP contribution in [0.1, 0.15) is 16.9 Å². The van der Waals surface area contributed by atoms with E-state index in [1.807, 2.05) is 79.7 Å². The van der Waals surface area contributed by atoms with Gasteiger partial charge in [0.15, 0.2) is 0 Å². The van der Waals surface area contributed by atoms with Gasteiger partial charge in [0.1, 0.15) is 0 Å². The third kappa shape index (κ3) is 5.13. The predicted octanol–water partition coefficient (Wildman–Crippen LogP) is 5.76. The van der Waals surface area contributed by atoms with Crippen molar-refractivity contribution >= 4 is 50.1 Å². The maximum Gasteiger partial charge on any atom is 0.241 e. The Morgan fingerprint density at radius 3 is 1.73 bits per heavy atom. The monoisotopic (exact) mass is 511 g/mol. The van der Waals surface area contributed by atoms with E-state index < -0.39 is 21.8 Å². The van der Waals surface area contributed by atoms with Gasteiger partial charge in [-0.15, -0.1) is 0 Å². The molecule has 0 saturated carbocycles. The van der Waals surface area contributed by atoms with Gasteiger partial charge in [-0.1, -0.05) is 114 Å². The topological polar surface area (TPSA) is 46.2 Å². The SMILES string of the molecule is Cc1ccc(S(=O)(=O)N[C@H](c2ccc(Cl)cc2)P(=S)(c2ccccc2)c2ccccc2)cc1. The predicted molar refractivity (Wildman–Crippen MR) is 142 cm³/mol. The summed E-state index contributed by atoms with van der Waals surface area (Å²) in [5.41, 5.74) is 1.76. The summed E-state index contributed by atoms with van der Waals surface area (Å²) in [6, 6.07) is 30.9. The van der Waals surface area contributed by atoms with E-state index in [0.29, 0.717) is 5.02 Å². The molecule has 7 heteroatoms. The fourth-order valence-electron chi connectivity index (χ4n) is 3.68. The van der Waals surface area contributed by atoms with Gasteiger partial charge >= 0.3 is 0 Å². The summed E-state index contributed by atoms with van der Waals surface area (Å²) in [7, 11) is -3.86. The largest absolute Gasteiger partial charge is 0.241 e. The molecule has 4 aromatic carbocycles. The van der Waals surface area contributed by atoms with Crippen molar-refractivity contribution in [1.82, 2.24) is 4.72 Å². The number of rotatable bonds is 7. The van der Waals surface area contributed by atoms with Gasteiger partial charge in [-0.3, -0.25) is 0 Å². The van der Waals surface area contributed by atoms with Crippen LogP contribution in [0.3, 0.4) is 0 Å². The second kappa shape index (κ2) is 9.92. The van der Waals surface area contributed by atoms with E-state index in [-0.39, 0.29) is 4.90 Å². The van der Waals surface area contributed by atoms with Crippen LogP contribution in [0.15, 0.2) is 114 Å². The molecular weight excluding hydrogens is 489 g/mol. The molecule has 4 rings (SSSR count). The summed E-state index contributed by atoms with van der Waals surface area (Å²) in [6.07, 6.45) is 0. The first-order chi connectivity index (χ1) is 15.8. The van der Waals surface area contributed by atoms with Gasteiger partial charge in [-0.05, 0) is 47.4 Å². The number of halogens is 1. The normalized spacial score (nSPS) is 12.9. The molecule has 3 nitrogen and oxygen atoms in total. The Morgan fingerprint density at radius 2 is 1.24 bits per heavy atom. The van der Waals surface area contributed by atoms with Crippen LogP contribution in [-0.4, -0.2) is 8.42 Å². The zero-order chi connectivity index (χ0) is 23.5. The molecule has 33 heavy (non-hydrogen) atoms. The van der Waals surface area contributed by atoms with Crippen molar-refractivity contribution in [2.24, 2.45) is 0 Å². The van der Waals surface area contributed by atoms with Crippen LogP contribution in [0.25, 0.3) is 0 Å². The van der Waals surface area contributed by atoms with Gasteiger partial charge < -0.3 is 0 Å². The number of aryl methyl sites for hydroxylation is 1. The summed E-state index contributed by atoms with van der Waals surface area (Å²) < 4.78 is 30.1. The third-order valence-electron chi connectivity index (χ3n) is 5.43. The highest BCUT2D eigenvalue weighted by Crippen LogP contribution is 2.56. The van der Waals surface area contributed by atoms with E-state index >= 15 is 0 Å². The number of nitrogens with one attached hydrogen (secondary N) is 1. The first-order valence-corrected chi connectivity index (χ1v) is 15.1. The number of sulfonamides is 1. The number of hydrogen-bond donors (Lipinski definition) is 1. The Morgan fingerprint density at radius 1 is 0.758 bits per heavy atom. The highest BCUT2D eigenvalue weighted by molar-refractivity contribution is 8.22. The molecule has 0 heterocycles. The summed E-state index contributed by atoms with van der Waals surface area (Å²) in [4.78, 5) is 0.203. The molecule has 0 fully saturated rings. The van der Waals surface area contributed by atoms with Crippen molar-refractivity contribution in [2.75, 3.05) is 0 Å². The van der Waals surface area contributed by atoms with Gasteiger partial charge in [0.05, 0.1) is 10.7 Å². The van der Waals surface area contributed by atoms with Gasteiger partial charge in [0.25, 0.3) is 0 Å². The number of hydrogen-bond acceptors (Lipinski definition) is 3. The molecule has 1 N–H and O–H groups in total. The third-order valence-corrected chi connectivity index (χ3v) is 12.5. The van der Waals surface area contributed by atoms with Crippen LogP contribution in [0, 0.1) is 6.92 Å².